The predicted octanol–water partition coefficient (Wildman–Crippen LogP) is 2.84. The number of non-ortho nitro benzene ring substituents is 1. The number of nitrogens with zero attached hydrogens (tertiary/aromatic N) is 2. The van der Waals surface area contributed by atoms with E-state index in [-0.39, 0.29) is 42.8 Å². The molecule has 8 nitrogen and oxygen atoms in total. The molecule has 1 fully saturated rings. The number of rotatable bonds is 8. The molecule has 0 spiro atoms. The minimum Gasteiger partial charge on any atom is -0.491 e. The van der Waals surface area contributed by atoms with Crippen molar-refractivity contribution in [3.63, 3.8) is 0 Å². The first-order valence-corrected chi connectivity index (χ1v) is 9.18. The van der Waals surface area contributed by atoms with E-state index in [1.807, 2.05) is 6.92 Å². The molecular weight excluding hydrogens is 463 g/mol. The molecule has 1 aromatic carbocycles. The second-order valence-corrected chi connectivity index (χ2v) is 6.41. The van der Waals surface area contributed by atoms with Gasteiger partial charge in [-0.05, 0) is 31.9 Å². The van der Waals surface area contributed by atoms with Crippen molar-refractivity contribution in [1.29, 1.82) is 0 Å². The van der Waals surface area contributed by atoms with Crippen molar-refractivity contribution in [2.45, 2.75) is 51.2 Å². The second-order valence-electron chi connectivity index (χ2n) is 6.41. The molecule has 1 aromatic rings. The Kier molecular flexibility index (Phi) is 11.0. The SMILES string of the molecule is CCNC(=NCC(O)COc1ccc([N+](=O)[O-])cc1)NC1CCCCC1.I. The van der Waals surface area contributed by atoms with Crippen LogP contribution in [0.3, 0.4) is 0 Å². The summed E-state index contributed by atoms with van der Waals surface area (Å²) in [6.45, 7) is 3.05. The Morgan fingerprint density at radius 3 is 2.59 bits per heavy atom. The summed E-state index contributed by atoms with van der Waals surface area (Å²) in [5.41, 5.74) is 0.00608. The summed E-state index contributed by atoms with van der Waals surface area (Å²) in [6, 6.07) is 6.22. The largest absolute Gasteiger partial charge is 0.491 e. The molecular formula is C18H29IN4O4. The molecule has 3 N–H and O–H groups in total. The molecule has 1 saturated carbocycles. The summed E-state index contributed by atoms with van der Waals surface area (Å²) in [5, 5.41) is 27.3. The highest BCUT2D eigenvalue weighted by Gasteiger charge is 2.15. The van der Waals surface area contributed by atoms with Crippen LogP contribution in [0.2, 0.25) is 0 Å². The quantitative estimate of drug-likeness (QED) is 0.169. The summed E-state index contributed by atoms with van der Waals surface area (Å²) in [5.74, 6) is 1.19. The summed E-state index contributed by atoms with van der Waals surface area (Å²) in [7, 11) is 0. The third-order valence-corrected chi connectivity index (χ3v) is 4.24. The van der Waals surface area contributed by atoms with Gasteiger partial charge in [-0.2, -0.15) is 0 Å². The van der Waals surface area contributed by atoms with Gasteiger partial charge in [-0.25, -0.2) is 0 Å². The molecule has 0 aliphatic heterocycles. The van der Waals surface area contributed by atoms with Crippen molar-refractivity contribution < 1.29 is 14.8 Å². The van der Waals surface area contributed by atoms with Gasteiger partial charge in [0.1, 0.15) is 18.5 Å². The molecule has 0 aromatic heterocycles. The number of hydrogen-bond acceptors (Lipinski definition) is 5. The molecule has 27 heavy (non-hydrogen) atoms. The third kappa shape index (κ3) is 8.74. The van der Waals surface area contributed by atoms with Crippen LogP contribution in [0.4, 0.5) is 5.69 Å². The molecule has 0 bridgehead atoms. The van der Waals surface area contributed by atoms with Crippen LogP contribution in [0.5, 0.6) is 5.75 Å². The fourth-order valence-electron chi connectivity index (χ4n) is 2.87. The average Bonchev–Trinajstić information content (AvgIpc) is 2.66. The smallest absolute Gasteiger partial charge is 0.269 e. The van der Waals surface area contributed by atoms with Gasteiger partial charge in [-0.3, -0.25) is 15.1 Å². The van der Waals surface area contributed by atoms with Gasteiger partial charge in [-0.1, -0.05) is 19.3 Å². The van der Waals surface area contributed by atoms with Gasteiger partial charge < -0.3 is 20.5 Å². The first-order valence-electron chi connectivity index (χ1n) is 9.18. The predicted molar refractivity (Wildman–Crippen MR) is 116 cm³/mol. The molecule has 152 valence electrons. The molecule has 2 rings (SSSR count). The Hall–Kier alpha value is -1.62. The van der Waals surface area contributed by atoms with Crippen molar-refractivity contribution in [3.05, 3.63) is 34.4 Å². The lowest BCUT2D eigenvalue weighted by atomic mass is 9.96. The van der Waals surface area contributed by atoms with Gasteiger partial charge >= 0.3 is 0 Å². The van der Waals surface area contributed by atoms with E-state index < -0.39 is 11.0 Å². The van der Waals surface area contributed by atoms with Gasteiger partial charge in [0.2, 0.25) is 0 Å². The van der Waals surface area contributed by atoms with Gasteiger partial charge in [-0.15, -0.1) is 24.0 Å². The van der Waals surface area contributed by atoms with Crippen molar-refractivity contribution in [2.24, 2.45) is 4.99 Å². The number of nitrogens with one attached hydrogen (secondary N) is 2. The zero-order valence-electron chi connectivity index (χ0n) is 15.6. The van der Waals surface area contributed by atoms with Gasteiger partial charge in [0.15, 0.2) is 5.96 Å². The monoisotopic (exact) mass is 492 g/mol. The fraction of sp³-hybridized carbons (Fsp3) is 0.611. The van der Waals surface area contributed by atoms with E-state index in [0.717, 1.165) is 19.4 Å². The number of nitro groups is 1. The van der Waals surface area contributed by atoms with Crippen LogP contribution in [0.15, 0.2) is 29.3 Å². The lowest BCUT2D eigenvalue weighted by molar-refractivity contribution is -0.384. The standard InChI is InChI=1S/C18H28N4O4.HI/c1-2-19-18(21-14-6-4-3-5-7-14)20-12-16(23)13-26-17-10-8-15(9-11-17)22(24)25;/h8-11,14,16,23H,2-7,12-13H2,1H3,(H2,19,20,21);1H. The molecule has 1 aliphatic carbocycles. The van der Waals surface area contributed by atoms with Crippen LogP contribution in [0, 0.1) is 10.1 Å². The lowest BCUT2D eigenvalue weighted by Crippen LogP contribution is -2.44. The lowest BCUT2D eigenvalue weighted by Gasteiger charge is -2.25. The second kappa shape index (κ2) is 12.7. The van der Waals surface area contributed by atoms with E-state index in [0.29, 0.717) is 17.8 Å². The zero-order chi connectivity index (χ0) is 18.8. The summed E-state index contributed by atoms with van der Waals surface area (Å²) < 4.78 is 5.46. The Balaban J connectivity index is 0.00000364. The molecule has 0 heterocycles. The molecule has 1 aliphatic rings. The van der Waals surface area contributed by atoms with Crippen LogP contribution < -0.4 is 15.4 Å². The Bertz CT molecular complexity index is 592. The van der Waals surface area contributed by atoms with Gasteiger partial charge in [0.25, 0.3) is 5.69 Å². The van der Waals surface area contributed by atoms with E-state index in [4.69, 9.17) is 4.74 Å². The van der Waals surface area contributed by atoms with Crippen molar-refractivity contribution >= 4 is 35.6 Å². The van der Waals surface area contributed by atoms with E-state index in [1.165, 1.54) is 43.5 Å². The van der Waals surface area contributed by atoms with Crippen LogP contribution in [-0.2, 0) is 0 Å². The van der Waals surface area contributed by atoms with Gasteiger partial charge in [0.05, 0.1) is 11.5 Å². The highest BCUT2D eigenvalue weighted by atomic mass is 127. The minimum atomic E-state index is -0.757. The first-order chi connectivity index (χ1) is 12.6. The molecule has 1 unspecified atom stereocenters. The number of ether oxygens (including phenoxy) is 1. The van der Waals surface area contributed by atoms with Crippen molar-refractivity contribution in [3.8, 4) is 5.75 Å². The molecule has 0 radical (unpaired) electrons. The maximum Gasteiger partial charge on any atom is 0.269 e. The van der Waals surface area contributed by atoms with E-state index in [1.54, 1.807) is 0 Å². The number of aliphatic hydroxyl groups is 1. The van der Waals surface area contributed by atoms with Crippen LogP contribution >= 0.6 is 24.0 Å². The molecule has 0 saturated heterocycles. The summed E-state index contributed by atoms with van der Waals surface area (Å²) in [6.07, 6.45) is 5.31. The van der Waals surface area contributed by atoms with Gasteiger partial charge in [0, 0.05) is 24.7 Å². The normalized spacial score (nSPS) is 16.1. The first kappa shape index (κ1) is 23.4. The van der Waals surface area contributed by atoms with E-state index in [9.17, 15) is 15.2 Å². The number of halogens is 1. The number of benzene rings is 1. The van der Waals surface area contributed by atoms with Crippen molar-refractivity contribution in [1.82, 2.24) is 10.6 Å². The fourth-order valence-corrected chi connectivity index (χ4v) is 2.87. The summed E-state index contributed by atoms with van der Waals surface area (Å²) in [4.78, 5) is 14.6. The van der Waals surface area contributed by atoms with Crippen LogP contribution in [0.1, 0.15) is 39.0 Å². The Morgan fingerprint density at radius 2 is 2.00 bits per heavy atom. The number of nitro benzene ring substituents is 1. The number of hydrogen-bond donors (Lipinski definition) is 3. The molecule has 1 atom stereocenters. The zero-order valence-corrected chi connectivity index (χ0v) is 17.9. The minimum absolute atomic E-state index is 0. The maximum absolute atomic E-state index is 10.6. The number of aliphatic imine (C=N–C) groups is 1. The van der Waals surface area contributed by atoms with Crippen LogP contribution in [0.25, 0.3) is 0 Å². The molecule has 0 amide bonds. The van der Waals surface area contributed by atoms with E-state index in [2.05, 4.69) is 15.6 Å². The highest BCUT2D eigenvalue weighted by Crippen LogP contribution is 2.18. The molecule has 9 heteroatoms. The Morgan fingerprint density at radius 1 is 1.33 bits per heavy atom. The highest BCUT2D eigenvalue weighted by molar-refractivity contribution is 14.0. The summed E-state index contributed by atoms with van der Waals surface area (Å²) >= 11 is 0. The Labute approximate surface area is 177 Å². The van der Waals surface area contributed by atoms with Crippen LogP contribution in [-0.4, -0.2) is 47.8 Å². The number of guanidine groups is 1. The average molecular weight is 492 g/mol. The van der Waals surface area contributed by atoms with Crippen molar-refractivity contribution in [2.75, 3.05) is 19.7 Å². The maximum atomic E-state index is 10.6. The van der Waals surface area contributed by atoms with E-state index >= 15 is 0 Å². The topological polar surface area (TPSA) is 109 Å². The number of aliphatic hydroxyl groups excluding tert-OH is 1. The third-order valence-electron chi connectivity index (χ3n) is 4.24.